The summed E-state index contributed by atoms with van der Waals surface area (Å²) in [5.41, 5.74) is 0.298. The molecule has 2 N–H and O–H groups in total. The number of carbonyl (C=O) groups excluding carboxylic acids is 2. The Hall–Kier alpha value is -2.28. The van der Waals surface area contributed by atoms with Crippen LogP contribution in [-0.4, -0.2) is 64.2 Å². The van der Waals surface area contributed by atoms with Gasteiger partial charge in [-0.3, -0.25) is 9.59 Å². The highest BCUT2D eigenvalue weighted by atomic mass is 16.5. The van der Waals surface area contributed by atoms with Gasteiger partial charge in [-0.25, -0.2) is 0 Å². The van der Waals surface area contributed by atoms with Gasteiger partial charge < -0.3 is 25.0 Å². The Kier molecular flexibility index (Phi) is 6.65. The van der Waals surface area contributed by atoms with Crippen LogP contribution in [0.5, 0.6) is 11.5 Å². The zero-order chi connectivity index (χ0) is 22.9. The van der Waals surface area contributed by atoms with Crippen LogP contribution in [0.3, 0.4) is 0 Å². The van der Waals surface area contributed by atoms with Crippen molar-refractivity contribution in [2.75, 3.05) is 41.4 Å². The predicted octanol–water partition coefficient (Wildman–Crippen LogP) is 2.70. The highest BCUT2D eigenvalue weighted by Gasteiger charge is 2.56. The van der Waals surface area contributed by atoms with E-state index in [4.69, 9.17) is 9.47 Å². The van der Waals surface area contributed by atoms with Crippen LogP contribution in [0.2, 0.25) is 0 Å². The molecule has 0 radical (unpaired) electrons. The number of hydrogen-bond acceptors (Lipinski definition) is 5. The van der Waals surface area contributed by atoms with E-state index in [0.717, 1.165) is 25.8 Å². The number of amides is 2. The second kappa shape index (κ2) is 9.30. The molecule has 0 saturated heterocycles. The van der Waals surface area contributed by atoms with Gasteiger partial charge in [0.05, 0.1) is 14.2 Å². The van der Waals surface area contributed by atoms with E-state index in [1.54, 1.807) is 32.4 Å². The number of likely N-dealkylation sites (N-methyl/N-ethyl adjacent to an activating group) is 1. The van der Waals surface area contributed by atoms with Crippen molar-refractivity contribution < 1.29 is 19.1 Å². The van der Waals surface area contributed by atoms with Gasteiger partial charge in [0, 0.05) is 30.1 Å². The number of nitrogens with one attached hydrogen (secondary N) is 2. The SMILES string of the molecule is COc1cc(OC)cc(C(=O)N[C@H](C(=O)NCCN(C)C)C23CC4CC(CC(C4)C2)C3)c1. The van der Waals surface area contributed by atoms with Gasteiger partial charge in [-0.2, -0.15) is 0 Å². The van der Waals surface area contributed by atoms with Crippen molar-refractivity contribution in [3.05, 3.63) is 23.8 Å². The topological polar surface area (TPSA) is 79.9 Å². The number of methoxy groups -OCH3 is 2. The first-order valence-electron chi connectivity index (χ1n) is 11.8. The number of hydrogen-bond donors (Lipinski definition) is 2. The van der Waals surface area contributed by atoms with E-state index in [-0.39, 0.29) is 17.2 Å². The maximum absolute atomic E-state index is 13.5. The summed E-state index contributed by atoms with van der Waals surface area (Å²) in [4.78, 5) is 28.9. The van der Waals surface area contributed by atoms with E-state index in [1.807, 2.05) is 19.0 Å². The van der Waals surface area contributed by atoms with Crippen LogP contribution in [0.25, 0.3) is 0 Å². The molecule has 4 aliphatic carbocycles. The van der Waals surface area contributed by atoms with E-state index in [2.05, 4.69) is 10.6 Å². The summed E-state index contributed by atoms with van der Waals surface area (Å²) >= 11 is 0. The third kappa shape index (κ3) is 4.72. The molecule has 1 atom stereocenters. The van der Waals surface area contributed by atoms with E-state index >= 15 is 0 Å². The van der Waals surface area contributed by atoms with Crippen LogP contribution in [-0.2, 0) is 4.79 Å². The first-order valence-corrected chi connectivity index (χ1v) is 11.8. The van der Waals surface area contributed by atoms with E-state index in [9.17, 15) is 9.59 Å². The first-order chi connectivity index (χ1) is 15.3. The minimum atomic E-state index is -0.525. The molecule has 7 nitrogen and oxygen atoms in total. The Morgan fingerprint density at radius 2 is 1.53 bits per heavy atom. The molecule has 0 aromatic heterocycles. The van der Waals surface area contributed by atoms with Crippen LogP contribution >= 0.6 is 0 Å². The molecule has 176 valence electrons. The first kappa shape index (κ1) is 22.9. The molecule has 2 amide bonds. The monoisotopic (exact) mass is 443 g/mol. The smallest absolute Gasteiger partial charge is 0.252 e. The molecule has 4 fully saturated rings. The van der Waals surface area contributed by atoms with Crippen LogP contribution in [0.1, 0.15) is 48.9 Å². The standard InChI is InChI=1S/C25H37N3O4/c1-28(2)6-5-26-24(30)22(25-13-16-7-17(14-25)9-18(8-16)15-25)27-23(29)19-10-20(31-3)12-21(11-19)32-4/h10-12,16-18,22H,5-9,13-15H2,1-4H3,(H,26,30)(H,27,29)/t16?,17?,18?,22-,25?/m1/s1. The Labute approximate surface area is 191 Å². The van der Waals surface area contributed by atoms with Gasteiger partial charge in [0.1, 0.15) is 17.5 Å². The van der Waals surface area contributed by atoms with Gasteiger partial charge in [0.15, 0.2) is 0 Å². The molecular weight excluding hydrogens is 406 g/mol. The van der Waals surface area contributed by atoms with Crippen molar-refractivity contribution >= 4 is 11.8 Å². The highest BCUT2D eigenvalue weighted by molar-refractivity contribution is 5.98. The molecule has 0 heterocycles. The van der Waals surface area contributed by atoms with Gasteiger partial charge in [-0.15, -0.1) is 0 Å². The zero-order valence-corrected chi connectivity index (χ0v) is 19.8. The van der Waals surface area contributed by atoms with Crippen LogP contribution in [0.4, 0.5) is 0 Å². The fraction of sp³-hybridized carbons (Fsp3) is 0.680. The maximum atomic E-state index is 13.5. The molecule has 5 rings (SSSR count). The minimum Gasteiger partial charge on any atom is -0.497 e. The number of ether oxygens (including phenoxy) is 2. The summed E-state index contributed by atoms with van der Waals surface area (Å²) in [5, 5.41) is 6.25. The Bertz CT molecular complexity index is 796. The average Bonchev–Trinajstić information content (AvgIpc) is 2.75. The van der Waals surface area contributed by atoms with Crippen molar-refractivity contribution in [3.63, 3.8) is 0 Å². The Morgan fingerprint density at radius 3 is 2.00 bits per heavy atom. The average molecular weight is 444 g/mol. The molecule has 32 heavy (non-hydrogen) atoms. The third-order valence-corrected chi connectivity index (χ3v) is 7.71. The molecule has 0 unspecified atom stereocenters. The lowest BCUT2D eigenvalue weighted by Gasteiger charge is -2.59. The van der Waals surface area contributed by atoms with Crippen molar-refractivity contribution in [3.8, 4) is 11.5 Å². The van der Waals surface area contributed by atoms with Gasteiger partial charge in [-0.05, 0) is 82.5 Å². The molecule has 0 spiro atoms. The van der Waals surface area contributed by atoms with Crippen molar-refractivity contribution in [2.45, 2.75) is 44.6 Å². The van der Waals surface area contributed by atoms with Crippen molar-refractivity contribution in [2.24, 2.45) is 23.2 Å². The fourth-order valence-electron chi connectivity index (χ4n) is 6.69. The molecule has 1 aromatic carbocycles. The zero-order valence-electron chi connectivity index (χ0n) is 19.8. The van der Waals surface area contributed by atoms with Gasteiger partial charge in [0.25, 0.3) is 5.91 Å². The summed E-state index contributed by atoms with van der Waals surface area (Å²) in [6, 6.07) is 4.60. The van der Waals surface area contributed by atoms with E-state index in [0.29, 0.717) is 41.4 Å². The van der Waals surface area contributed by atoms with Crippen molar-refractivity contribution in [1.82, 2.24) is 15.5 Å². The summed E-state index contributed by atoms with van der Waals surface area (Å²) in [5.74, 6) is 2.85. The minimum absolute atomic E-state index is 0.0583. The summed E-state index contributed by atoms with van der Waals surface area (Å²) < 4.78 is 10.7. The van der Waals surface area contributed by atoms with Gasteiger partial charge in [0.2, 0.25) is 5.91 Å². The molecule has 4 aliphatic rings. The lowest BCUT2D eigenvalue weighted by atomic mass is 9.47. The molecule has 0 aliphatic heterocycles. The maximum Gasteiger partial charge on any atom is 0.252 e. The number of carbonyl (C=O) groups is 2. The Balaban J connectivity index is 1.58. The predicted molar refractivity (Wildman–Crippen MR) is 123 cm³/mol. The lowest BCUT2D eigenvalue weighted by molar-refractivity contribution is -0.134. The number of benzene rings is 1. The van der Waals surface area contributed by atoms with E-state index in [1.165, 1.54) is 19.3 Å². The van der Waals surface area contributed by atoms with Gasteiger partial charge in [-0.1, -0.05) is 0 Å². The lowest BCUT2D eigenvalue weighted by Crippen LogP contribution is -2.62. The fourth-order valence-corrected chi connectivity index (χ4v) is 6.69. The molecule has 4 saturated carbocycles. The quantitative estimate of drug-likeness (QED) is 0.614. The van der Waals surface area contributed by atoms with Crippen molar-refractivity contribution in [1.29, 1.82) is 0 Å². The summed E-state index contributed by atoms with van der Waals surface area (Å²) in [6.45, 7) is 1.33. The largest absolute Gasteiger partial charge is 0.497 e. The second-order valence-electron chi connectivity index (χ2n) is 10.4. The summed E-state index contributed by atoms with van der Waals surface area (Å²) in [7, 11) is 7.10. The third-order valence-electron chi connectivity index (χ3n) is 7.71. The van der Waals surface area contributed by atoms with Crippen LogP contribution < -0.4 is 20.1 Å². The normalized spacial score (nSPS) is 29.0. The number of nitrogens with zero attached hydrogens (tertiary/aromatic N) is 1. The second-order valence-corrected chi connectivity index (χ2v) is 10.4. The summed E-state index contributed by atoms with van der Waals surface area (Å²) in [6.07, 6.45) is 6.96. The van der Waals surface area contributed by atoms with Crippen LogP contribution in [0, 0.1) is 23.2 Å². The van der Waals surface area contributed by atoms with Gasteiger partial charge >= 0.3 is 0 Å². The number of rotatable bonds is 9. The highest BCUT2D eigenvalue weighted by Crippen LogP contribution is 2.61. The molecule has 1 aromatic rings. The van der Waals surface area contributed by atoms with Crippen LogP contribution in [0.15, 0.2) is 18.2 Å². The Morgan fingerprint density at radius 1 is 1.00 bits per heavy atom. The molecular formula is C25H37N3O4. The molecule has 4 bridgehead atoms. The molecule has 7 heteroatoms. The van der Waals surface area contributed by atoms with E-state index < -0.39 is 6.04 Å².